The number of benzene rings is 1. The summed E-state index contributed by atoms with van der Waals surface area (Å²) in [6.07, 6.45) is 2.03. The van der Waals surface area contributed by atoms with Gasteiger partial charge >= 0.3 is 0 Å². The molecule has 1 aromatic rings. The van der Waals surface area contributed by atoms with Gasteiger partial charge in [-0.3, -0.25) is 0 Å². The summed E-state index contributed by atoms with van der Waals surface area (Å²) >= 11 is 0. The molecule has 0 radical (unpaired) electrons. The molecule has 0 fully saturated rings. The maximum Gasteiger partial charge on any atom is 0.0972 e. The van der Waals surface area contributed by atoms with Gasteiger partial charge in [0, 0.05) is 6.04 Å². The first kappa shape index (κ1) is 14.4. The number of nitrogens with one attached hydrogen (secondary N) is 1. The molecule has 2 atom stereocenters. The first-order chi connectivity index (χ1) is 7.89. The van der Waals surface area contributed by atoms with E-state index in [1.54, 1.807) is 0 Å². The highest BCUT2D eigenvalue weighted by Crippen LogP contribution is 2.11. The molecule has 0 aliphatic heterocycles. The highest BCUT2D eigenvalue weighted by Gasteiger charge is 2.20. The van der Waals surface area contributed by atoms with Crippen molar-refractivity contribution in [1.29, 1.82) is 0 Å². The van der Waals surface area contributed by atoms with Gasteiger partial charge in [-0.05, 0) is 46.1 Å². The van der Waals surface area contributed by atoms with E-state index in [9.17, 15) is 4.21 Å². The predicted molar refractivity (Wildman–Crippen MR) is 75.3 cm³/mol. The minimum absolute atomic E-state index is 0.193. The van der Waals surface area contributed by atoms with Gasteiger partial charge < -0.3 is 0 Å². The van der Waals surface area contributed by atoms with Crippen molar-refractivity contribution >= 4 is 11.0 Å². The first-order valence-corrected chi connectivity index (χ1v) is 7.26. The Kier molecular flexibility index (Phi) is 5.34. The van der Waals surface area contributed by atoms with Crippen molar-refractivity contribution in [1.82, 2.24) is 4.72 Å². The van der Waals surface area contributed by atoms with E-state index >= 15 is 0 Å². The second-order valence-corrected chi connectivity index (χ2v) is 7.42. The van der Waals surface area contributed by atoms with Crippen LogP contribution in [0.25, 0.3) is 0 Å². The lowest BCUT2D eigenvalue weighted by Crippen LogP contribution is -2.38. The minimum Gasteiger partial charge on any atom is -0.242 e. The van der Waals surface area contributed by atoms with E-state index in [-0.39, 0.29) is 10.8 Å². The van der Waals surface area contributed by atoms with Crippen LogP contribution in [0.3, 0.4) is 0 Å². The number of hydrogen-bond donors (Lipinski definition) is 1. The van der Waals surface area contributed by atoms with Crippen molar-refractivity contribution < 1.29 is 4.21 Å². The lowest BCUT2D eigenvalue weighted by molar-refractivity contribution is 0.581. The molecule has 0 saturated heterocycles. The van der Waals surface area contributed by atoms with Crippen LogP contribution < -0.4 is 4.72 Å². The van der Waals surface area contributed by atoms with Gasteiger partial charge in [-0.15, -0.1) is 0 Å². The van der Waals surface area contributed by atoms with Crippen LogP contribution in [-0.4, -0.2) is 15.0 Å². The molecule has 1 N–H and O–H groups in total. The molecular formula is C14H23NOS. The van der Waals surface area contributed by atoms with E-state index < -0.39 is 11.0 Å². The summed E-state index contributed by atoms with van der Waals surface area (Å²) in [6, 6.07) is 10.7. The fourth-order valence-electron chi connectivity index (χ4n) is 1.45. The van der Waals surface area contributed by atoms with E-state index in [1.807, 2.05) is 26.8 Å². The zero-order valence-corrected chi connectivity index (χ0v) is 12.0. The van der Waals surface area contributed by atoms with Gasteiger partial charge in [-0.1, -0.05) is 30.3 Å². The van der Waals surface area contributed by atoms with Crippen LogP contribution in [-0.2, 0) is 17.4 Å². The third-order valence-corrected chi connectivity index (χ3v) is 4.30. The fraction of sp³-hybridized carbons (Fsp3) is 0.571. The lowest BCUT2D eigenvalue weighted by Gasteiger charge is -2.21. The molecule has 0 bridgehead atoms. The average Bonchev–Trinajstić information content (AvgIpc) is 2.26. The number of rotatable bonds is 5. The predicted octanol–water partition coefficient (Wildman–Crippen LogP) is 3.06. The van der Waals surface area contributed by atoms with Gasteiger partial charge in [0.1, 0.15) is 0 Å². The van der Waals surface area contributed by atoms with Crippen molar-refractivity contribution in [2.24, 2.45) is 0 Å². The molecule has 0 aliphatic rings. The molecule has 0 aromatic heterocycles. The Labute approximate surface area is 107 Å². The normalized spacial score (nSPS) is 15.5. The van der Waals surface area contributed by atoms with Gasteiger partial charge in [0.05, 0.1) is 15.7 Å². The summed E-state index contributed by atoms with van der Waals surface area (Å²) in [5, 5.41) is 0. The minimum atomic E-state index is -0.975. The van der Waals surface area contributed by atoms with Crippen LogP contribution >= 0.6 is 0 Å². The van der Waals surface area contributed by atoms with E-state index in [0.717, 1.165) is 12.8 Å². The lowest BCUT2D eigenvalue weighted by atomic mass is 10.1. The van der Waals surface area contributed by atoms with Crippen LogP contribution in [0.2, 0.25) is 0 Å². The molecule has 1 aromatic carbocycles. The van der Waals surface area contributed by atoms with Crippen LogP contribution in [0, 0.1) is 0 Å². The first-order valence-electron chi connectivity index (χ1n) is 6.11. The average molecular weight is 253 g/mol. The van der Waals surface area contributed by atoms with Crippen molar-refractivity contribution in [3.8, 4) is 0 Å². The molecule has 3 heteroatoms. The summed E-state index contributed by atoms with van der Waals surface area (Å²) in [4.78, 5) is 0. The topological polar surface area (TPSA) is 29.1 Å². The molecule has 1 rings (SSSR count). The molecule has 0 heterocycles. The maximum absolute atomic E-state index is 11.9. The van der Waals surface area contributed by atoms with Gasteiger partial charge in [0.2, 0.25) is 0 Å². The fourth-order valence-corrected chi connectivity index (χ4v) is 2.28. The quantitative estimate of drug-likeness (QED) is 0.858. The van der Waals surface area contributed by atoms with E-state index in [1.165, 1.54) is 5.56 Å². The van der Waals surface area contributed by atoms with Crippen molar-refractivity contribution in [3.63, 3.8) is 0 Å². The Hall–Kier alpha value is -0.670. The third-order valence-electron chi connectivity index (χ3n) is 2.57. The third kappa shape index (κ3) is 5.46. The number of aryl methyl sites for hydroxylation is 1. The Bertz CT molecular complexity index is 356. The molecule has 0 amide bonds. The largest absolute Gasteiger partial charge is 0.242 e. The summed E-state index contributed by atoms with van der Waals surface area (Å²) in [5.74, 6) is 0. The SMILES string of the molecule is C[C@@H](CCc1ccccc1)NS(=O)C(C)(C)C. The highest BCUT2D eigenvalue weighted by molar-refractivity contribution is 7.84. The second kappa shape index (κ2) is 6.31. The molecule has 0 spiro atoms. The highest BCUT2D eigenvalue weighted by atomic mass is 32.2. The summed E-state index contributed by atoms with van der Waals surface area (Å²) < 4.78 is 14.9. The summed E-state index contributed by atoms with van der Waals surface area (Å²) in [7, 11) is -0.975. The molecular weight excluding hydrogens is 230 g/mol. The molecule has 96 valence electrons. The standard InChI is InChI=1S/C14H23NOS/c1-12(15-17(16)14(2,3)4)10-11-13-8-6-5-7-9-13/h5-9,12,15H,10-11H2,1-4H3/t12-,17?/m0/s1. The van der Waals surface area contributed by atoms with E-state index in [4.69, 9.17) is 0 Å². The zero-order valence-electron chi connectivity index (χ0n) is 11.2. The molecule has 2 nitrogen and oxygen atoms in total. The van der Waals surface area contributed by atoms with Crippen LogP contribution in [0.4, 0.5) is 0 Å². The van der Waals surface area contributed by atoms with Crippen molar-refractivity contribution in [2.75, 3.05) is 0 Å². The van der Waals surface area contributed by atoms with Crippen molar-refractivity contribution in [2.45, 2.75) is 51.3 Å². The zero-order chi connectivity index (χ0) is 12.9. The molecule has 0 aliphatic carbocycles. The Morgan fingerprint density at radius 3 is 2.35 bits per heavy atom. The summed E-state index contributed by atoms with van der Waals surface area (Å²) in [5.41, 5.74) is 1.34. The van der Waals surface area contributed by atoms with E-state index in [0.29, 0.717) is 0 Å². The molecule has 0 saturated carbocycles. The number of hydrogen-bond acceptors (Lipinski definition) is 1. The Morgan fingerprint density at radius 1 is 1.24 bits per heavy atom. The maximum atomic E-state index is 11.9. The van der Waals surface area contributed by atoms with Crippen LogP contribution in [0.1, 0.15) is 39.7 Å². The van der Waals surface area contributed by atoms with Gasteiger partial charge in [-0.2, -0.15) is 0 Å². The van der Waals surface area contributed by atoms with Crippen LogP contribution in [0.5, 0.6) is 0 Å². The monoisotopic (exact) mass is 253 g/mol. The summed E-state index contributed by atoms with van der Waals surface area (Å²) in [6.45, 7) is 8.05. The smallest absolute Gasteiger partial charge is 0.0972 e. The van der Waals surface area contributed by atoms with Gasteiger partial charge in [0.15, 0.2) is 0 Å². The molecule has 17 heavy (non-hydrogen) atoms. The Morgan fingerprint density at radius 2 is 1.82 bits per heavy atom. The second-order valence-electron chi connectivity index (χ2n) is 5.42. The van der Waals surface area contributed by atoms with Crippen LogP contribution in [0.15, 0.2) is 30.3 Å². The Balaban J connectivity index is 2.36. The molecule has 1 unspecified atom stereocenters. The van der Waals surface area contributed by atoms with Gasteiger partial charge in [-0.25, -0.2) is 8.93 Å². The van der Waals surface area contributed by atoms with Gasteiger partial charge in [0.25, 0.3) is 0 Å². The van der Waals surface area contributed by atoms with E-state index in [2.05, 4.69) is 35.9 Å². The van der Waals surface area contributed by atoms with Crippen molar-refractivity contribution in [3.05, 3.63) is 35.9 Å².